The Balaban J connectivity index is 1.71. The van der Waals surface area contributed by atoms with Gasteiger partial charge in [0.15, 0.2) is 0 Å². The zero-order valence-electron chi connectivity index (χ0n) is 16.6. The van der Waals surface area contributed by atoms with E-state index in [0.717, 1.165) is 55.0 Å². The van der Waals surface area contributed by atoms with E-state index >= 15 is 0 Å². The Bertz CT molecular complexity index is 904. The number of aromatic nitrogens is 2. The molecule has 0 atom stereocenters. The molecule has 4 heteroatoms. The quantitative estimate of drug-likeness (QED) is 0.612. The number of nitrogens with zero attached hydrogens (tertiary/aromatic N) is 1. The van der Waals surface area contributed by atoms with E-state index < -0.39 is 0 Å². The molecular formula is C24H28FN3. The first kappa shape index (κ1) is 18.9. The number of aromatic amines is 1. The van der Waals surface area contributed by atoms with E-state index in [0.29, 0.717) is 11.8 Å². The highest BCUT2D eigenvalue weighted by atomic mass is 19.1. The highest BCUT2D eigenvalue weighted by molar-refractivity contribution is 5.68. The molecular weight excluding hydrogens is 349 g/mol. The fourth-order valence-corrected chi connectivity index (χ4v) is 4.03. The normalized spacial score (nSPS) is 15.3. The molecule has 2 aromatic carbocycles. The Morgan fingerprint density at radius 3 is 2.25 bits per heavy atom. The van der Waals surface area contributed by atoms with Crippen LogP contribution in [0.3, 0.4) is 0 Å². The molecule has 0 unspecified atom stereocenters. The van der Waals surface area contributed by atoms with E-state index in [2.05, 4.69) is 48.4 Å². The summed E-state index contributed by atoms with van der Waals surface area (Å²) in [7, 11) is 0. The monoisotopic (exact) mass is 377 g/mol. The maximum Gasteiger partial charge on any atom is 0.138 e. The number of benzene rings is 2. The van der Waals surface area contributed by atoms with Crippen LogP contribution in [0.5, 0.6) is 0 Å². The lowest BCUT2D eigenvalue weighted by Crippen LogP contribution is -2.27. The Morgan fingerprint density at radius 1 is 0.964 bits per heavy atom. The SMILES string of the molecule is CC(C)Cc1ccc(-c2nc(-c3ccc(F)cc3)c(C3CCNCC3)[nH]2)cc1. The van der Waals surface area contributed by atoms with Gasteiger partial charge in [-0.25, -0.2) is 9.37 Å². The maximum absolute atomic E-state index is 13.4. The lowest BCUT2D eigenvalue weighted by Gasteiger charge is -2.22. The highest BCUT2D eigenvalue weighted by Gasteiger charge is 2.23. The maximum atomic E-state index is 13.4. The summed E-state index contributed by atoms with van der Waals surface area (Å²) in [5, 5.41) is 3.43. The van der Waals surface area contributed by atoms with Crippen LogP contribution in [0.15, 0.2) is 48.5 Å². The van der Waals surface area contributed by atoms with Crippen LogP contribution in [-0.4, -0.2) is 23.1 Å². The standard InChI is InChI=1S/C24H28FN3/c1-16(2)15-17-3-5-20(6-4-17)24-27-22(18-7-9-21(25)10-8-18)23(28-24)19-11-13-26-14-12-19/h3-10,16,19,26H,11-15H2,1-2H3,(H,27,28). The van der Waals surface area contributed by atoms with Crippen LogP contribution in [0.4, 0.5) is 4.39 Å². The van der Waals surface area contributed by atoms with Gasteiger partial charge < -0.3 is 10.3 Å². The molecule has 0 spiro atoms. The van der Waals surface area contributed by atoms with Gasteiger partial charge in [-0.2, -0.15) is 0 Å². The number of H-pyrrole nitrogens is 1. The molecule has 1 fully saturated rings. The van der Waals surface area contributed by atoms with Crippen LogP contribution in [0.2, 0.25) is 0 Å². The number of halogens is 1. The molecule has 3 aromatic rings. The lowest BCUT2D eigenvalue weighted by molar-refractivity contribution is 0.455. The van der Waals surface area contributed by atoms with Crippen molar-refractivity contribution in [2.75, 3.05) is 13.1 Å². The Morgan fingerprint density at radius 2 is 1.61 bits per heavy atom. The van der Waals surface area contributed by atoms with Crippen molar-refractivity contribution in [1.82, 2.24) is 15.3 Å². The van der Waals surface area contributed by atoms with Crippen molar-refractivity contribution in [3.05, 3.63) is 65.6 Å². The molecule has 2 N–H and O–H groups in total. The second-order valence-corrected chi connectivity index (χ2v) is 8.17. The smallest absolute Gasteiger partial charge is 0.138 e. The molecule has 146 valence electrons. The zero-order valence-corrected chi connectivity index (χ0v) is 16.6. The fraction of sp³-hybridized carbons (Fsp3) is 0.375. The molecule has 3 nitrogen and oxygen atoms in total. The van der Waals surface area contributed by atoms with Crippen LogP contribution in [0, 0.1) is 11.7 Å². The number of hydrogen-bond acceptors (Lipinski definition) is 2. The van der Waals surface area contributed by atoms with Crippen molar-refractivity contribution in [2.24, 2.45) is 5.92 Å². The summed E-state index contributed by atoms with van der Waals surface area (Å²) in [5.41, 5.74) is 5.54. The fourth-order valence-electron chi connectivity index (χ4n) is 4.03. The third kappa shape index (κ3) is 4.17. The average molecular weight is 378 g/mol. The van der Waals surface area contributed by atoms with Gasteiger partial charge in [-0.3, -0.25) is 0 Å². The minimum atomic E-state index is -0.219. The second kappa shape index (κ2) is 8.27. The lowest BCUT2D eigenvalue weighted by atomic mass is 9.92. The van der Waals surface area contributed by atoms with E-state index in [1.165, 1.54) is 23.4 Å². The molecule has 0 saturated carbocycles. The summed E-state index contributed by atoms with van der Waals surface area (Å²) in [6, 6.07) is 15.4. The van der Waals surface area contributed by atoms with E-state index in [1.54, 1.807) is 0 Å². The van der Waals surface area contributed by atoms with Gasteiger partial charge in [0.1, 0.15) is 11.6 Å². The molecule has 0 bridgehead atoms. The molecule has 2 heterocycles. The van der Waals surface area contributed by atoms with Crippen molar-refractivity contribution in [1.29, 1.82) is 0 Å². The van der Waals surface area contributed by atoms with Gasteiger partial charge in [0.05, 0.1) is 5.69 Å². The Labute approximate surface area is 166 Å². The van der Waals surface area contributed by atoms with Crippen LogP contribution in [-0.2, 0) is 6.42 Å². The average Bonchev–Trinajstić information content (AvgIpc) is 3.15. The van der Waals surface area contributed by atoms with Crippen molar-refractivity contribution < 1.29 is 4.39 Å². The second-order valence-electron chi connectivity index (χ2n) is 8.17. The van der Waals surface area contributed by atoms with Gasteiger partial charge in [0.25, 0.3) is 0 Å². The minimum Gasteiger partial charge on any atom is -0.341 e. The van der Waals surface area contributed by atoms with Crippen molar-refractivity contribution in [3.63, 3.8) is 0 Å². The van der Waals surface area contributed by atoms with Crippen molar-refractivity contribution >= 4 is 0 Å². The predicted molar refractivity (Wildman–Crippen MR) is 113 cm³/mol. The first-order chi connectivity index (χ1) is 13.6. The number of hydrogen-bond donors (Lipinski definition) is 2. The van der Waals surface area contributed by atoms with Crippen LogP contribution in [0.1, 0.15) is 43.9 Å². The van der Waals surface area contributed by atoms with Gasteiger partial charge >= 0.3 is 0 Å². The van der Waals surface area contributed by atoms with Crippen molar-refractivity contribution in [2.45, 2.75) is 39.0 Å². The van der Waals surface area contributed by atoms with Crippen LogP contribution < -0.4 is 5.32 Å². The zero-order chi connectivity index (χ0) is 19.5. The van der Waals surface area contributed by atoms with Gasteiger partial charge in [-0.05, 0) is 68.1 Å². The van der Waals surface area contributed by atoms with E-state index in [-0.39, 0.29) is 5.82 Å². The van der Waals surface area contributed by atoms with Gasteiger partial charge in [0, 0.05) is 22.7 Å². The number of piperidine rings is 1. The molecule has 0 aliphatic carbocycles. The predicted octanol–water partition coefficient (Wildman–Crippen LogP) is 5.55. The molecule has 4 rings (SSSR count). The van der Waals surface area contributed by atoms with Crippen LogP contribution in [0.25, 0.3) is 22.6 Å². The van der Waals surface area contributed by atoms with Gasteiger partial charge in [-0.15, -0.1) is 0 Å². The van der Waals surface area contributed by atoms with Crippen LogP contribution >= 0.6 is 0 Å². The molecule has 28 heavy (non-hydrogen) atoms. The van der Waals surface area contributed by atoms with E-state index in [4.69, 9.17) is 4.98 Å². The third-order valence-corrected chi connectivity index (χ3v) is 5.47. The van der Waals surface area contributed by atoms with Gasteiger partial charge in [-0.1, -0.05) is 38.1 Å². The summed E-state index contributed by atoms with van der Waals surface area (Å²) in [5.74, 6) is 1.77. The summed E-state index contributed by atoms with van der Waals surface area (Å²) < 4.78 is 13.4. The van der Waals surface area contributed by atoms with E-state index in [1.807, 2.05) is 12.1 Å². The van der Waals surface area contributed by atoms with Gasteiger partial charge in [0.2, 0.25) is 0 Å². The first-order valence-corrected chi connectivity index (χ1v) is 10.3. The number of imidazole rings is 1. The molecule has 1 saturated heterocycles. The molecule has 1 aliphatic rings. The summed E-state index contributed by atoms with van der Waals surface area (Å²) >= 11 is 0. The highest BCUT2D eigenvalue weighted by Crippen LogP contribution is 2.34. The first-order valence-electron chi connectivity index (χ1n) is 10.3. The Hall–Kier alpha value is -2.46. The van der Waals surface area contributed by atoms with Crippen molar-refractivity contribution in [3.8, 4) is 22.6 Å². The molecule has 0 amide bonds. The number of nitrogens with one attached hydrogen (secondary N) is 2. The third-order valence-electron chi connectivity index (χ3n) is 5.47. The molecule has 1 aliphatic heterocycles. The summed E-state index contributed by atoms with van der Waals surface area (Å²) in [6.07, 6.45) is 3.26. The largest absolute Gasteiger partial charge is 0.341 e. The minimum absolute atomic E-state index is 0.219. The summed E-state index contributed by atoms with van der Waals surface area (Å²) in [4.78, 5) is 8.56. The van der Waals surface area contributed by atoms with E-state index in [9.17, 15) is 4.39 Å². The topological polar surface area (TPSA) is 40.7 Å². The summed E-state index contributed by atoms with van der Waals surface area (Å²) in [6.45, 7) is 6.51. The molecule has 0 radical (unpaired) electrons. The Kier molecular flexibility index (Phi) is 5.58. The number of rotatable bonds is 5. The molecule has 1 aromatic heterocycles.